The number of aromatic nitrogens is 2. The van der Waals surface area contributed by atoms with E-state index in [1.807, 2.05) is 60.7 Å². The number of nitrogens with one attached hydrogen (secondary N) is 3. The Morgan fingerprint density at radius 2 is 1.64 bits per heavy atom. The summed E-state index contributed by atoms with van der Waals surface area (Å²) in [6.45, 7) is 12.4. The minimum absolute atomic E-state index is 0.0902. The summed E-state index contributed by atoms with van der Waals surface area (Å²) in [4.78, 5) is 43.2. The molecule has 3 rings (SSSR count). The SMILES string of the molecule is CCOC(=O)C(CSn1cc(NC(=O)[C@@H](COCc2ccccc2)NC(O)C(C)(C)NC(=O)OC(C)(C)C)nc1C)c1ccccc1. The Balaban J connectivity index is 1.71. The second kappa shape index (κ2) is 17.3. The zero-order valence-corrected chi connectivity index (χ0v) is 28.9. The highest BCUT2D eigenvalue weighted by molar-refractivity contribution is 7.97. The van der Waals surface area contributed by atoms with Gasteiger partial charge in [0.05, 0.1) is 37.5 Å². The number of carbonyl (C=O) groups excluding carboxylic acids is 3. The minimum atomic E-state index is -1.36. The normalized spacial score (nSPS) is 13.7. The van der Waals surface area contributed by atoms with Crippen LogP contribution in [0.15, 0.2) is 66.9 Å². The zero-order valence-electron chi connectivity index (χ0n) is 28.1. The maximum Gasteiger partial charge on any atom is 0.408 e. The number of aliphatic hydroxyl groups excluding tert-OH is 1. The van der Waals surface area contributed by atoms with Crippen molar-refractivity contribution in [3.63, 3.8) is 0 Å². The quantitative estimate of drug-likeness (QED) is 0.124. The molecule has 0 fully saturated rings. The first-order valence-corrected chi connectivity index (χ1v) is 16.4. The van der Waals surface area contributed by atoms with Crippen molar-refractivity contribution in [2.75, 3.05) is 24.3 Å². The summed E-state index contributed by atoms with van der Waals surface area (Å²) in [5, 5.41) is 19.4. The number of hydrogen-bond acceptors (Lipinski definition) is 10. The summed E-state index contributed by atoms with van der Waals surface area (Å²) in [5.74, 6) is -0.0402. The molecule has 0 saturated carbocycles. The van der Waals surface area contributed by atoms with Crippen molar-refractivity contribution in [1.82, 2.24) is 19.6 Å². The van der Waals surface area contributed by atoms with Crippen LogP contribution in [0.5, 0.6) is 0 Å². The first kappa shape index (κ1) is 37.5. The molecule has 0 saturated heterocycles. The number of aliphatic hydroxyl groups is 1. The van der Waals surface area contributed by atoms with Gasteiger partial charge in [-0.2, -0.15) is 0 Å². The highest BCUT2D eigenvalue weighted by Crippen LogP contribution is 2.25. The molecule has 3 atom stereocenters. The lowest BCUT2D eigenvalue weighted by molar-refractivity contribution is -0.144. The van der Waals surface area contributed by atoms with Gasteiger partial charge in [0.2, 0.25) is 5.91 Å². The van der Waals surface area contributed by atoms with Crippen molar-refractivity contribution in [2.45, 2.75) is 84.4 Å². The number of benzene rings is 2. The van der Waals surface area contributed by atoms with Crippen LogP contribution in [0.3, 0.4) is 0 Å². The molecule has 0 bridgehead atoms. The number of hydrogen-bond donors (Lipinski definition) is 4. The van der Waals surface area contributed by atoms with Gasteiger partial charge in [0.1, 0.15) is 23.7 Å². The number of nitrogens with zero attached hydrogens (tertiary/aromatic N) is 2. The lowest BCUT2D eigenvalue weighted by Gasteiger charge is -2.35. The first-order chi connectivity index (χ1) is 22.2. The smallest absolute Gasteiger partial charge is 0.408 e. The number of anilines is 1. The molecule has 256 valence electrons. The summed E-state index contributed by atoms with van der Waals surface area (Å²) < 4.78 is 18.3. The third-order valence-corrected chi connectivity index (χ3v) is 7.95. The molecular weight excluding hydrogens is 622 g/mol. The van der Waals surface area contributed by atoms with Gasteiger partial charge in [0.25, 0.3) is 0 Å². The topological polar surface area (TPSA) is 153 Å². The Hall–Kier alpha value is -3.91. The van der Waals surface area contributed by atoms with E-state index in [-0.39, 0.29) is 31.6 Å². The fourth-order valence-electron chi connectivity index (χ4n) is 4.35. The maximum absolute atomic E-state index is 13.6. The first-order valence-electron chi connectivity index (χ1n) is 15.5. The Kier molecular flexibility index (Phi) is 13.8. The van der Waals surface area contributed by atoms with E-state index >= 15 is 0 Å². The van der Waals surface area contributed by atoms with Crippen LogP contribution < -0.4 is 16.0 Å². The summed E-state index contributed by atoms with van der Waals surface area (Å²) >= 11 is 1.37. The van der Waals surface area contributed by atoms with Crippen molar-refractivity contribution in [3.05, 3.63) is 83.8 Å². The van der Waals surface area contributed by atoms with Gasteiger partial charge in [0.15, 0.2) is 5.82 Å². The standard InChI is InChI=1S/C34H47N5O7S/c1-8-45-30(41)26(25-17-13-10-14-18-25)22-47-39-19-28(35-23(39)2)37-29(40)27(21-44-20-24-15-11-9-12-16-24)36-31(42)34(6,7)38-32(43)46-33(3,4)5/h9-19,26-27,31,36,42H,8,20-22H2,1-7H3,(H,37,40)(H,38,43)/t26?,27-,31?/m1/s1. The van der Waals surface area contributed by atoms with Crippen molar-refractivity contribution in [2.24, 2.45) is 0 Å². The number of ether oxygens (including phenoxy) is 3. The van der Waals surface area contributed by atoms with Crippen LogP contribution in [0.1, 0.15) is 64.4 Å². The van der Waals surface area contributed by atoms with E-state index in [1.165, 1.54) is 11.9 Å². The molecule has 0 aliphatic carbocycles. The zero-order chi connectivity index (χ0) is 34.6. The monoisotopic (exact) mass is 669 g/mol. The second-order valence-corrected chi connectivity index (χ2v) is 13.5. The van der Waals surface area contributed by atoms with E-state index < -0.39 is 41.3 Å². The second-order valence-electron chi connectivity index (χ2n) is 12.5. The molecule has 2 aromatic carbocycles. The molecule has 4 N–H and O–H groups in total. The summed E-state index contributed by atoms with van der Waals surface area (Å²) in [6.07, 6.45) is -0.406. The van der Waals surface area contributed by atoms with E-state index in [0.29, 0.717) is 11.6 Å². The van der Waals surface area contributed by atoms with Crippen LogP contribution >= 0.6 is 11.9 Å². The summed E-state index contributed by atoms with van der Waals surface area (Å²) in [7, 11) is 0. The number of aryl methyl sites for hydroxylation is 1. The van der Waals surface area contributed by atoms with Gasteiger partial charge in [-0.3, -0.25) is 18.9 Å². The average molecular weight is 670 g/mol. The molecule has 2 unspecified atom stereocenters. The van der Waals surface area contributed by atoms with Crippen LogP contribution in [-0.2, 0) is 30.4 Å². The van der Waals surface area contributed by atoms with Gasteiger partial charge in [0, 0.05) is 5.75 Å². The number of amides is 2. The number of esters is 1. The predicted molar refractivity (Wildman–Crippen MR) is 182 cm³/mol. The molecule has 1 heterocycles. The van der Waals surface area contributed by atoms with Gasteiger partial charge in [-0.1, -0.05) is 60.7 Å². The van der Waals surface area contributed by atoms with Gasteiger partial charge in [-0.25, -0.2) is 9.78 Å². The molecule has 0 spiro atoms. The minimum Gasteiger partial charge on any atom is -0.465 e. The summed E-state index contributed by atoms with van der Waals surface area (Å²) in [6, 6.07) is 17.9. The highest BCUT2D eigenvalue weighted by atomic mass is 32.2. The molecule has 0 aliphatic rings. The molecule has 12 nitrogen and oxygen atoms in total. The molecule has 0 radical (unpaired) electrons. The van der Waals surface area contributed by atoms with E-state index in [1.54, 1.807) is 58.6 Å². The van der Waals surface area contributed by atoms with Crippen molar-refractivity contribution in [3.8, 4) is 0 Å². The van der Waals surface area contributed by atoms with Crippen LogP contribution in [0.4, 0.5) is 10.6 Å². The number of carbonyl (C=O) groups is 3. The lowest BCUT2D eigenvalue weighted by atomic mass is 10.0. The van der Waals surface area contributed by atoms with Gasteiger partial charge < -0.3 is 30.0 Å². The van der Waals surface area contributed by atoms with E-state index in [4.69, 9.17) is 14.2 Å². The Morgan fingerprint density at radius 3 is 2.26 bits per heavy atom. The number of alkyl carbamates (subject to hydrolysis) is 1. The largest absolute Gasteiger partial charge is 0.465 e. The van der Waals surface area contributed by atoms with Crippen LogP contribution in [0.2, 0.25) is 0 Å². The van der Waals surface area contributed by atoms with Gasteiger partial charge in [-0.05, 0) is 71.5 Å². The third-order valence-electron chi connectivity index (χ3n) is 6.82. The molecule has 47 heavy (non-hydrogen) atoms. The number of rotatable bonds is 16. The molecule has 2 amide bonds. The molecule has 3 aromatic rings. The van der Waals surface area contributed by atoms with Crippen molar-refractivity contribution < 1.29 is 33.7 Å². The predicted octanol–water partition coefficient (Wildman–Crippen LogP) is 4.77. The van der Waals surface area contributed by atoms with Crippen molar-refractivity contribution >= 4 is 35.7 Å². The number of imidazole rings is 1. The lowest BCUT2D eigenvalue weighted by Crippen LogP contribution is -2.62. The Morgan fingerprint density at radius 1 is 1.00 bits per heavy atom. The molecule has 0 aliphatic heterocycles. The fraction of sp³-hybridized carbons (Fsp3) is 0.471. The molecule has 13 heteroatoms. The van der Waals surface area contributed by atoms with E-state index in [2.05, 4.69) is 20.9 Å². The van der Waals surface area contributed by atoms with Gasteiger partial charge in [-0.15, -0.1) is 0 Å². The van der Waals surface area contributed by atoms with Crippen LogP contribution in [-0.4, -0.2) is 74.4 Å². The highest BCUT2D eigenvalue weighted by Gasteiger charge is 2.35. The maximum atomic E-state index is 13.6. The average Bonchev–Trinajstić information content (AvgIpc) is 3.34. The molecule has 1 aromatic heterocycles. The van der Waals surface area contributed by atoms with Crippen LogP contribution in [0.25, 0.3) is 0 Å². The summed E-state index contributed by atoms with van der Waals surface area (Å²) in [5.41, 5.74) is -0.185. The third kappa shape index (κ3) is 12.3. The molecular formula is C34H47N5O7S. The van der Waals surface area contributed by atoms with E-state index in [9.17, 15) is 19.5 Å². The Labute approximate surface area is 281 Å². The van der Waals surface area contributed by atoms with Crippen molar-refractivity contribution in [1.29, 1.82) is 0 Å². The van der Waals surface area contributed by atoms with Crippen LogP contribution in [0, 0.1) is 6.92 Å². The Bertz CT molecular complexity index is 1440. The van der Waals surface area contributed by atoms with Gasteiger partial charge >= 0.3 is 12.1 Å². The van der Waals surface area contributed by atoms with E-state index in [0.717, 1.165) is 11.1 Å². The fourth-order valence-corrected chi connectivity index (χ4v) is 5.39.